The zero-order valence-electron chi connectivity index (χ0n) is 15.3. The molecule has 1 aromatic heterocycles. The Morgan fingerprint density at radius 3 is 2.61 bits per heavy atom. The normalized spacial score (nSPS) is 10.8. The van der Waals surface area contributed by atoms with Crippen LogP contribution in [0.1, 0.15) is 11.5 Å². The van der Waals surface area contributed by atoms with Gasteiger partial charge in [0.15, 0.2) is 11.5 Å². The minimum atomic E-state index is -0.291. The van der Waals surface area contributed by atoms with Crippen LogP contribution in [-0.4, -0.2) is 30.3 Å². The average Bonchev–Trinajstić information content (AvgIpc) is 3.20. The molecule has 0 unspecified atom stereocenters. The van der Waals surface area contributed by atoms with Crippen molar-refractivity contribution in [3.8, 4) is 22.9 Å². The third-order valence-electron chi connectivity index (χ3n) is 3.82. The van der Waals surface area contributed by atoms with Crippen LogP contribution in [0.4, 0.5) is 0 Å². The van der Waals surface area contributed by atoms with Crippen LogP contribution in [-0.2, 0) is 11.3 Å². The molecule has 8 heteroatoms. The van der Waals surface area contributed by atoms with Crippen LogP contribution in [0, 0.1) is 0 Å². The number of halogens is 1. The Morgan fingerprint density at radius 1 is 1.14 bits per heavy atom. The van der Waals surface area contributed by atoms with Crippen LogP contribution in [0.5, 0.6) is 11.5 Å². The van der Waals surface area contributed by atoms with Crippen molar-refractivity contribution in [1.29, 1.82) is 0 Å². The zero-order chi connectivity index (χ0) is 19.9. The summed E-state index contributed by atoms with van der Waals surface area (Å²) in [6.45, 7) is 0.121. The van der Waals surface area contributed by atoms with Gasteiger partial charge in [-0.25, -0.2) is 0 Å². The lowest BCUT2D eigenvalue weighted by atomic mass is 10.2. The number of methoxy groups -OCH3 is 2. The van der Waals surface area contributed by atoms with E-state index in [0.717, 1.165) is 11.1 Å². The van der Waals surface area contributed by atoms with E-state index in [4.69, 9.17) is 25.6 Å². The third kappa shape index (κ3) is 4.89. The van der Waals surface area contributed by atoms with E-state index in [-0.39, 0.29) is 12.5 Å². The van der Waals surface area contributed by atoms with Crippen molar-refractivity contribution in [3.05, 3.63) is 65.0 Å². The Balaban J connectivity index is 1.57. The van der Waals surface area contributed by atoms with Gasteiger partial charge in [0.25, 0.3) is 0 Å². The summed E-state index contributed by atoms with van der Waals surface area (Å²) < 4.78 is 15.6. The molecule has 7 nitrogen and oxygen atoms in total. The van der Waals surface area contributed by atoms with Crippen molar-refractivity contribution in [2.75, 3.05) is 14.2 Å². The number of nitrogens with one attached hydrogen (secondary N) is 1. The van der Waals surface area contributed by atoms with Crippen LogP contribution in [0.2, 0.25) is 5.02 Å². The number of nitrogens with zero attached hydrogens (tertiary/aromatic N) is 2. The Morgan fingerprint density at radius 2 is 1.89 bits per heavy atom. The second kappa shape index (κ2) is 9.05. The number of benzene rings is 2. The highest BCUT2D eigenvalue weighted by Crippen LogP contribution is 2.27. The Bertz CT molecular complexity index is 983. The van der Waals surface area contributed by atoms with Gasteiger partial charge >= 0.3 is 0 Å². The van der Waals surface area contributed by atoms with Crippen molar-refractivity contribution in [2.45, 2.75) is 6.54 Å². The summed E-state index contributed by atoms with van der Waals surface area (Å²) in [5.74, 6) is 1.66. The van der Waals surface area contributed by atoms with E-state index in [1.54, 1.807) is 56.7 Å². The number of hydrogen-bond donors (Lipinski definition) is 1. The topological polar surface area (TPSA) is 86.5 Å². The Kier molecular flexibility index (Phi) is 6.29. The average molecular weight is 400 g/mol. The van der Waals surface area contributed by atoms with Crippen LogP contribution < -0.4 is 14.8 Å². The molecule has 1 heterocycles. The largest absolute Gasteiger partial charge is 0.493 e. The summed E-state index contributed by atoms with van der Waals surface area (Å²) in [7, 11) is 3.12. The fourth-order valence-corrected chi connectivity index (χ4v) is 2.52. The predicted molar refractivity (Wildman–Crippen MR) is 105 cm³/mol. The lowest BCUT2D eigenvalue weighted by molar-refractivity contribution is -0.116. The predicted octanol–water partition coefficient (Wildman–Crippen LogP) is 3.74. The standard InChI is InChI=1S/C20H18ClN3O4/c1-26-16-9-3-13(11-17(16)27-2)4-10-18(25)22-12-19-23-20(24-28-19)14-5-7-15(21)8-6-14/h3-11H,12H2,1-2H3,(H,22,25)/b10-4+. The summed E-state index contributed by atoms with van der Waals surface area (Å²) in [5.41, 5.74) is 1.58. The van der Waals surface area contributed by atoms with Crippen molar-refractivity contribution in [2.24, 2.45) is 0 Å². The molecule has 3 aromatic rings. The summed E-state index contributed by atoms with van der Waals surface area (Å²) in [5, 5.41) is 7.22. The SMILES string of the molecule is COc1ccc(/C=C/C(=O)NCc2nc(-c3ccc(Cl)cc3)no2)cc1OC. The van der Waals surface area contributed by atoms with Gasteiger partial charge in [-0.1, -0.05) is 22.8 Å². The van der Waals surface area contributed by atoms with E-state index in [0.29, 0.717) is 28.2 Å². The van der Waals surface area contributed by atoms with Gasteiger partial charge in [-0.3, -0.25) is 4.79 Å². The fraction of sp³-hybridized carbons (Fsp3) is 0.150. The quantitative estimate of drug-likeness (QED) is 0.609. The van der Waals surface area contributed by atoms with Crippen molar-refractivity contribution < 1.29 is 18.8 Å². The van der Waals surface area contributed by atoms with Crippen molar-refractivity contribution >= 4 is 23.6 Å². The first kappa shape index (κ1) is 19.4. The maximum absolute atomic E-state index is 12.0. The first-order valence-corrected chi connectivity index (χ1v) is 8.73. The first-order valence-electron chi connectivity index (χ1n) is 8.35. The second-order valence-corrected chi connectivity index (χ2v) is 6.12. The molecule has 0 atom stereocenters. The maximum Gasteiger partial charge on any atom is 0.246 e. The Labute approximate surface area is 166 Å². The van der Waals surface area contributed by atoms with Crippen LogP contribution >= 0.6 is 11.6 Å². The molecule has 0 saturated carbocycles. The van der Waals surface area contributed by atoms with Gasteiger partial charge in [0.05, 0.1) is 20.8 Å². The molecule has 0 aliphatic rings. The molecule has 0 aliphatic carbocycles. The van der Waals surface area contributed by atoms with E-state index in [1.807, 2.05) is 6.07 Å². The number of carbonyl (C=O) groups excluding carboxylic acids is 1. The second-order valence-electron chi connectivity index (χ2n) is 5.68. The molecule has 0 fully saturated rings. The maximum atomic E-state index is 12.0. The smallest absolute Gasteiger partial charge is 0.246 e. The highest BCUT2D eigenvalue weighted by atomic mass is 35.5. The first-order chi connectivity index (χ1) is 13.6. The molecule has 1 amide bonds. The van der Waals surface area contributed by atoms with Crippen LogP contribution in [0.25, 0.3) is 17.5 Å². The summed E-state index contributed by atoms with van der Waals surface area (Å²) in [6.07, 6.45) is 3.09. The van der Waals surface area contributed by atoms with E-state index in [9.17, 15) is 4.79 Å². The number of carbonyl (C=O) groups is 1. The van der Waals surface area contributed by atoms with Gasteiger partial charge in [-0.2, -0.15) is 4.98 Å². The molecular weight excluding hydrogens is 382 g/mol. The highest BCUT2D eigenvalue weighted by Gasteiger charge is 2.09. The summed E-state index contributed by atoms with van der Waals surface area (Å²) in [6, 6.07) is 12.4. The molecular formula is C20H18ClN3O4. The van der Waals surface area contributed by atoms with Gasteiger partial charge < -0.3 is 19.3 Å². The zero-order valence-corrected chi connectivity index (χ0v) is 16.1. The van der Waals surface area contributed by atoms with Gasteiger partial charge in [0.1, 0.15) is 0 Å². The molecule has 3 rings (SSSR count). The minimum Gasteiger partial charge on any atom is -0.493 e. The molecule has 144 valence electrons. The number of ether oxygens (including phenoxy) is 2. The molecule has 1 N–H and O–H groups in total. The molecule has 2 aromatic carbocycles. The fourth-order valence-electron chi connectivity index (χ4n) is 2.39. The molecule has 0 spiro atoms. The van der Waals surface area contributed by atoms with Crippen molar-refractivity contribution in [3.63, 3.8) is 0 Å². The van der Waals surface area contributed by atoms with E-state index in [1.165, 1.54) is 6.08 Å². The van der Waals surface area contributed by atoms with E-state index < -0.39 is 0 Å². The molecule has 28 heavy (non-hydrogen) atoms. The molecule has 0 radical (unpaired) electrons. The number of rotatable bonds is 7. The number of hydrogen-bond acceptors (Lipinski definition) is 6. The van der Waals surface area contributed by atoms with Gasteiger partial charge in [0, 0.05) is 16.7 Å². The number of aromatic nitrogens is 2. The molecule has 0 saturated heterocycles. The molecule has 0 bridgehead atoms. The lowest BCUT2D eigenvalue weighted by Crippen LogP contribution is -2.20. The highest BCUT2D eigenvalue weighted by molar-refractivity contribution is 6.30. The van der Waals surface area contributed by atoms with Crippen LogP contribution in [0.15, 0.2) is 53.1 Å². The summed E-state index contributed by atoms with van der Waals surface area (Å²) in [4.78, 5) is 16.3. The molecule has 0 aliphatic heterocycles. The van der Waals surface area contributed by atoms with Crippen molar-refractivity contribution in [1.82, 2.24) is 15.5 Å². The van der Waals surface area contributed by atoms with Crippen LogP contribution in [0.3, 0.4) is 0 Å². The monoisotopic (exact) mass is 399 g/mol. The van der Waals surface area contributed by atoms with E-state index in [2.05, 4.69) is 15.5 Å². The van der Waals surface area contributed by atoms with Gasteiger partial charge in [0.2, 0.25) is 17.6 Å². The third-order valence-corrected chi connectivity index (χ3v) is 4.07. The lowest BCUT2D eigenvalue weighted by Gasteiger charge is -2.07. The van der Waals surface area contributed by atoms with Gasteiger partial charge in [-0.05, 0) is 48.0 Å². The minimum absolute atomic E-state index is 0.121. The summed E-state index contributed by atoms with van der Waals surface area (Å²) >= 11 is 5.86. The van der Waals surface area contributed by atoms with E-state index >= 15 is 0 Å². The number of amides is 1. The van der Waals surface area contributed by atoms with Gasteiger partial charge in [-0.15, -0.1) is 0 Å². The Hall–Kier alpha value is -3.32.